The number of benzene rings is 2. The van der Waals surface area contributed by atoms with Gasteiger partial charge in [-0.15, -0.1) is 0 Å². The van der Waals surface area contributed by atoms with E-state index in [2.05, 4.69) is 37.4 Å². The molecule has 30 heavy (non-hydrogen) atoms. The van der Waals surface area contributed by atoms with Crippen LogP contribution in [0, 0.1) is 0 Å². The van der Waals surface area contributed by atoms with E-state index in [9.17, 15) is 13.2 Å². The highest BCUT2D eigenvalue weighted by atomic mass is 32.2. The maximum Gasteiger partial charge on any atom is 0.244 e. The summed E-state index contributed by atoms with van der Waals surface area (Å²) in [4.78, 5) is 13.0. The summed E-state index contributed by atoms with van der Waals surface area (Å²) in [6.07, 6.45) is 3.25. The van der Waals surface area contributed by atoms with Gasteiger partial charge in [0.1, 0.15) is 11.8 Å². The lowest BCUT2D eigenvalue weighted by molar-refractivity contribution is -0.122. The van der Waals surface area contributed by atoms with Gasteiger partial charge >= 0.3 is 0 Å². The zero-order valence-electron chi connectivity index (χ0n) is 18.4. The molecule has 1 amide bonds. The predicted octanol–water partition coefficient (Wildman–Crippen LogP) is 3.68. The minimum atomic E-state index is -3.67. The quantitative estimate of drug-likeness (QED) is 0.621. The first-order chi connectivity index (χ1) is 14.2. The normalized spacial score (nSPS) is 12.3. The van der Waals surface area contributed by atoms with Gasteiger partial charge in [0.05, 0.1) is 19.1 Å². The number of hydrogen-bond donors (Lipinski definition) is 1. The molecule has 0 aromatic heterocycles. The molecule has 0 saturated carbocycles. The number of nitrogens with one attached hydrogen (secondary N) is 1. The van der Waals surface area contributed by atoms with Crippen LogP contribution in [0.2, 0.25) is 0 Å². The highest BCUT2D eigenvalue weighted by molar-refractivity contribution is 7.92. The van der Waals surface area contributed by atoms with Gasteiger partial charge in [-0.25, -0.2) is 8.42 Å². The van der Waals surface area contributed by atoms with E-state index >= 15 is 0 Å². The first-order valence-corrected chi connectivity index (χ1v) is 12.1. The van der Waals surface area contributed by atoms with Crippen molar-refractivity contribution >= 4 is 21.6 Å². The monoisotopic (exact) mass is 432 g/mol. The van der Waals surface area contributed by atoms with Crippen LogP contribution in [0.15, 0.2) is 42.5 Å². The molecule has 6 nitrogen and oxygen atoms in total. The van der Waals surface area contributed by atoms with Crippen molar-refractivity contribution in [2.75, 3.05) is 17.7 Å². The van der Waals surface area contributed by atoms with Gasteiger partial charge in [0.15, 0.2) is 0 Å². The number of aryl methyl sites for hydroxylation is 2. The van der Waals surface area contributed by atoms with Crippen LogP contribution in [0.25, 0.3) is 0 Å². The fourth-order valence-electron chi connectivity index (χ4n) is 3.50. The highest BCUT2D eigenvalue weighted by Crippen LogP contribution is 2.25. The van der Waals surface area contributed by atoms with Crippen molar-refractivity contribution in [3.63, 3.8) is 0 Å². The number of carbonyl (C=O) groups is 1. The average molecular weight is 433 g/mol. The van der Waals surface area contributed by atoms with Crippen LogP contribution >= 0.6 is 0 Å². The SMILES string of the molecule is CCc1ccc(CC)c(CNC(=O)[C@H](CC)N(c2ccc(OC)cc2)S(C)(=O)=O)c1. The van der Waals surface area contributed by atoms with Crippen LogP contribution in [-0.4, -0.2) is 33.7 Å². The third kappa shape index (κ3) is 5.75. The van der Waals surface area contributed by atoms with Crippen molar-refractivity contribution in [1.82, 2.24) is 5.32 Å². The third-order valence-electron chi connectivity index (χ3n) is 5.17. The summed E-state index contributed by atoms with van der Waals surface area (Å²) in [6, 6.07) is 12.1. The maximum absolute atomic E-state index is 13.0. The van der Waals surface area contributed by atoms with E-state index in [1.54, 1.807) is 38.3 Å². The smallest absolute Gasteiger partial charge is 0.244 e. The molecule has 0 aliphatic carbocycles. The van der Waals surface area contributed by atoms with Gasteiger partial charge in [-0.1, -0.05) is 39.0 Å². The summed E-state index contributed by atoms with van der Waals surface area (Å²) in [5.74, 6) is 0.301. The van der Waals surface area contributed by atoms with Gasteiger partial charge < -0.3 is 10.1 Å². The number of ether oxygens (including phenoxy) is 1. The van der Waals surface area contributed by atoms with Gasteiger partial charge in [-0.3, -0.25) is 9.10 Å². The molecule has 0 radical (unpaired) electrons. The van der Waals surface area contributed by atoms with E-state index in [-0.39, 0.29) is 5.91 Å². The second-order valence-electron chi connectivity index (χ2n) is 7.21. The molecule has 0 heterocycles. The van der Waals surface area contributed by atoms with Gasteiger partial charge in [0.2, 0.25) is 15.9 Å². The first kappa shape index (κ1) is 23.7. The Hall–Kier alpha value is -2.54. The Morgan fingerprint density at radius 3 is 2.20 bits per heavy atom. The van der Waals surface area contributed by atoms with Gasteiger partial charge in [0, 0.05) is 6.54 Å². The molecule has 164 valence electrons. The molecular weight excluding hydrogens is 400 g/mol. The largest absolute Gasteiger partial charge is 0.497 e. The van der Waals surface area contributed by atoms with Crippen molar-refractivity contribution in [3.8, 4) is 5.75 Å². The molecule has 2 rings (SSSR count). The molecule has 1 N–H and O–H groups in total. The van der Waals surface area contributed by atoms with Crippen LogP contribution in [0.1, 0.15) is 43.9 Å². The Morgan fingerprint density at radius 2 is 1.70 bits per heavy atom. The minimum Gasteiger partial charge on any atom is -0.497 e. The number of carbonyl (C=O) groups excluding carboxylic acids is 1. The second kappa shape index (κ2) is 10.5. The molecule has 1 atom stereocenters. The van der Waals surface area contributed by atoms with Gasteiger partial charge in [-0.05, 0) is 60.2 Å². The number of amides is 1. The lowest BCUT2D eigenvalue weighted by atomic mass is 10.0. The average Bonchev–Trinajstić information content (AvgIpc) is 2.74. The number of methoxy groups -OCH3 is 1. The Morgan fingerprint density at radius 1 is 1.03 bits per heavy atom. The zero-order valence-corrected chi connectivity index (χ0v) is 19.3. The van der Waals surface area contributed by atoms with E-state index in [0.717, 1.165) is 24.7 Å². The van der Waals surface area contributed by atoms with Crippen LogP contribution in [-0.2, 0) is 34.2 Å². The van der Waals surface area contributed by atoms with Crippen LogP contribution in [0.4, 0.5) is 5.69 Å². The number of anilines is 1. The molecule has 2 aromatic carbocycles. The summed E-state index contributed by atoms with van der Waals surface area (Å²) in [6.45, 7) is 6.35. The summed E-state index contributed by atoms with van der Waals surface area (Å²) < 4.78 is 31.5. The zero-order chi connectivity index (χ0) is 22.3. The summed E-state index contributed by atoms with van der Waals surface area (Å²) in [5, 5.41) is 2.95. The van der Waals surface area contributed by atoms with Crippen LogP contribution < -0.4 is 14.4 Å². The second-order valence-corrected chi connectivity index (χ2v) is 9.07. The fourth-order valence-corrected chi connectivity index (χ4v) is 4.71. The Kier molecular flexibility index (Phi) is 8.29. The summed E-state index contributed by atoms with van der Waals surface area (Å²) in [7, 11) is -2.12. The molecular formula is C23H32N2O4S. The first-order valence-electron chi connectivity index (χ1n) is 10.3. The number of rotatable bonds is 10. The molecule has 0 fully saturated rings. The predicted molar refractivity (Wildman–Crippen MR) is 121 cm³/mol. The number of hydrogen-bond acceptors (Lipinski definition) is 4. The van der Waals surface area contributed by atoms with Crippen molar-refractivity contribution in [1.29, 1.82) is 0 Å². The van der Waals surface area contributed by atoms with E-state index < -0.39 is 16.1 Å². The summed E-state index contributed by atoms with van der Waals surface area (Å²) in [5.41, 5.74) is 3.88. The lowest BCUT2D eigenvalue weighted by Crippen LogP contribution is -2.49. The van der Waals surface area contributed by atoms with E-state index in [1.165, 1.54) is 15.4 Å². The minimum absolute atomic E-state index is 0.317. The van der Waals surface area contributed by atoms with E-state index in [4.69, 9.17) is 4.74 Å². The van der Waals surface area contributed by atoms with Crippen LogP contribution in [0.5, 0.6) is 5.75 Å². The molecule has 0 saturated heterocycles. The van der Waals surface area contributed by atoms with Gasteiger partial charge in [0.25, 0.3) is 0 Å². The van der Waals surface area contributed by atoms with Crippen molar-refractivity contribution < 1.29 is 17.9 Å². The fraction of sp³-hybridized carbons (Fsp3) is 0.435. The summed E-state index contributed by atoms with van der Waals surface area (Å²) >= 11 is 0. The van der Waals surface area contributed by atoms with Gasteiger partial charge in [-0.2, -0.15) is 0 Å². The van der Waals surface area contributed by atoms with E-state index in [0.29, 0.717) is 24.4 Å². The Bertz CT molecular complexity index is 956. The molecule has 0 spiro atoms. The molecule has 0 aliphatic heterocycles. The third-order valence-corrected chi connectivity index (χ3v) is 6.35. The number of nitrogens with zero attached hydrogens (tertiary/aromatic N) is 1. The standard InChI is InChI=1S/C23H32N2O4S/c1-6-17-9-10-18(7-2)19(15-17)16-24-23(26)22(8-3)25(30(5,27)28)20-11-13-21(29-4)14-12-20/h9-15,22H,6-8,16H2,1-5H3,(H,24,26)/t22-/m0/s1. The number of sulfonamides is 1. The Balaban J connectivity index is 2.28. The molecule has 0 bridgehead atoms. The topological polar surface area (TPSA) is 75.7 Å². The Labute approximate surface area is 180 Å². The molecule has 0 aliphatic rings. The van der Waals surface area contributed by atoms with E-state index in [1.807, 2.05) is 0 Å². The lowest BCUT2D eigenvalue weighted by Gasteiger charge is -2.30. The van der Waals surface area contributed by atoms with Crippen molar-refractivity contribution in [2.24, 2.45) is 0 Å². The van der Waals surface area contributed by atoms with Crippen LogP contribution in [0.3, 0.4) is 0 Å². The van der Waals surface area contributed by atoms with Crippen molar-refractivity contribution in [3.05, 3.63) is 59.2 Å². The molecule has 2 aromatic rings. The highest BCUT2D eigenvalue weighted by Gasteiger charge is 2.31. The maximum atomic E-state index is 13.0. The molecule has 0 unspecified atom stereocenters. The molecule has 7 heteroatoms. The van der Waals surface area contributed by atoms with Crippen molar-refractivity contribution in [2.45, 2.75) is 52.6 Å².